The Labute approximate surface area is 118 Å². The third kappa shape index (κ3) is 2.79. The van der Waals surface area contributed by atoms with E-state index in [1.54, 1.807) is 17.2 Å². The molecular weight excluding hydrogens is 256 g/mol. The highest BCUT2D eigenvalue weighted by Gasteiger charge is 2.40. The molecule has 6 heteroatoms. The van der Waals surface area contributed by atoms with Gasteiger partial charge in [-0.15, -0.1) is 0 Å². The van der Waals surface area contributed by atoms with Gasteiger partial charge >= 0.3 is 0 Å². The Hall–Kier alpha value is -1.98. The van der Waals surface area contributed by atoms with Crippen LogP contribution in [0.3, 0.4) is 0 Å². The Bertz CT molecular complexity index is 489. The quantitative estimate of drug-likeness (QED) is 0.880. The van der Waals surface area contributed by atoms with Crippen LogP contribution in [-0.4, -0.2) is 39.0 Å². The molecule has 1 aromatic heterocycles. The number of rotatable bonds is 4. The zero-order valence-electron chi connectivity index (χ0n) is 12.0. The highest BCUT2D eigenvalue weighted by molar-refractivity contribution is 5.97. The Balaban J connectivity index is 2.25. The molecule has 1 aliphatic rings. The van der Waals surface area contributed by atoms with Gasteiger partial charge in [0.15, 0.2) is 0 Å². The number of nitrogens with zero attached hydrogens (tertiary/aromatic N) is 3. The molecule has 0 aromatic carbocycles. The lowest BCUT2D eigenvalue weighted by molar-refractivity contribution is -0.151. The van der Waals surface area contributed by atoms with E-state index in [1.165, 1.54) is 0 Å². The summed E-state index contributed by atoms with van der Waals surface area (Å²) in [5, 5.41) is 10.6. The average Bonchev–Trinajstić information content (AvgIpc) is 2.43. The number of amides is 2. The van der Waals surface area contributed by atoms with Crippen molar-refractivity contribution in [2.24, 2.45) is 5.92 Å². The average molecular weight is 276 g/mol. The normalized spacial score (nSPS) is 23.1. The van der Waals surface area contributed by atoms with Gasteiger partial charge in [0, 0.05) is 6.20 Å². The predicted molar refractivity (Wildman–Crippen MR) is 73.4 cm³/mol. The summed E-state index contributed by atoms with van der Waals surface area (Å²) >= 11 is 0. The van der Waals surface area contributed by atoms with Gasteiger partial charge in [0.05, 0.1) is 12.2 Å². The molecular formula is C14H20N4O2. The summed E-state index contributed by atoms with van der Waals surface area (Å²) in [5.41, 5.74) is 0.691. The van der Waals surface area contributed by atoms with Crippen LogP contribution < -0.4 is 5.32 Å². The van der Waals surface area contributed by atoms with Crippen molar-refractivity contribution >= 4 is 11.8 Å². The van der Waals surface area contributed by atoms with Crippen molar-refractivity contribution in [2.45, 2.75) is 45.8 Å². The molecule has 0 spiro atoms. The second-order valence-electron chi connectivity index (χ2n) is 5.34. The lowest BCUT2D eigenvalue weighted by Crippen LogP contribution is -2.64. The van der Waals surface area contributed by atoms with Crippen LogP contribution in [0.15, 0.2) is 18.3 Å². The molecule has 2 heterocycles. The minimum absolute atomic E-state index is 0.0443. The van der Waals surface area contributed by atoms with E-state index in [4.69, 9.17) is 0 Å². The van der Waals surface area contributed by atoms with E-state index < -0.39 is 12.1 Å². The van der Waals surface area contributed by atoms with Crippen molar-refractivity contribution in [3.8, 4) is 0 Å². The molecule has 0 aliphatic carbocycles. The van der Waals surface area contributed by atoms with Crippen LogP contribution in [0.4, 0.5) is 0 Å². The van der Waals surface area contributed by atoms with Crippen molar-refractivity contribution in [3.63, 3.8) is 0 Å². The van der Waals surface area contributed by atoms with E-state index in [0.29, 0.717) is 18.7 Å². The van der Waals surface area contributed by atoms with Gasteiger partial charge in [0.25, 0.3) is 0 Å². The van der Waals surface area contributed by atoms with Crippen molar-refractivity contribution in [1.29, 1.82) is 0 Å². The first-order valence-corrected chi connectivity index (χ1v) is 6.92. The van der Waals surface area contributed by atoms with Crippen LogP contribution in [0.5, 0.6) is 0 Å². The first kappa shape index (κ1) is 14.4. The van der Waals surface area contributed by atoms with Crippen molar-refractivity contribution in [2.75, 3.05) is 0 Å². The maximum absolute atomic E-state index is 12.5. The van der Waals surface area contributed by atoms with E-state index in [9.17, 15) is 9.59 Å². The van der Waals surface area contributed by atoms with Gasteiger partial charge in [-0.3, -0.25) is 9.59 Å². The fourth-order valence-corrected chi connectivity index (χ4v) is 2.42. The number of hydrogen-bond donors (Lipinski definition) is 1. The van der Waals surface area contributed by atoms with Crippen LogP contribution >= 0.6 is 0 Å². The Morgan fingerprint density at radius 1 is 1.40 bits per heavy atom. The third-order valence-electron chi connectivity index (χ3n) is 3.54. The van der Waals surface area contributed by atoms with Gasteiger partial charge in [-0.2, -0.15) is 10.2 Å². The molecule has 20 heavy (non-hydrogen) atoms. The fourth-order valence-electron chi connectivity index (χ4n) is 2.42. The standard InChI is InChI=1S/C14H20N4O2/c1-4-11-13(19)16-12(9(2)3)14(20)18(11)8-10-6-5-7-15-17-10/h5-7,9,11-12H,4,8H2,1-3H3,(H,16,19). The smallest absolute Gasteiger partial charge is 0.246 e. The van der Waals surface area contributed by atoms with Crippen molar-refractivity contribution in [1.82, 2.24) is 20.4 Å². The largest absolute Gasteiger partial charge is 0.342 e. The van der Waals surface area contributed by atoms with Gasteiger partial charge in [0.1, 0.15) is 12.1 Å². The number of nitrogens with one attached hydrogen (secondary N) is 1. The molecule has 2 unspecified atom stereocenters. The molecule has 0 bridgehead atoms. The first-order chi connectivity index (χ1) is 9.54. The predicted octanol–water partition coefficient (Wildman–Crippen LogP) is 0.738. The Morgan fingerprint density at radius 3 is 2.70 bits per heavy atom. The number of carbonyl (C=O) groups is 2. The van der Waals surface area contributed by atoms with Gasteiger partial charge in [0.2, 0.25) is 11.8 Å². The van der Waals surface area contributed by atoms with E-state index in [1.807, 2.05) is 26.8 Å². The van der Waals surface area contributed by atoms with Gasteiger partial charge in [-0.25, -0.2) is 0 Å². The molecule has 1 aliphatic heterocycles. The van der Waals surface area contributed by atoms with Crippen LogP contribution in [0.25, 0.3) is 0 Å². The van der Waals surface area contributed by atoms with Crippen molar-refractivity contribution < 1.29 is 9.59 Å². The SMILES string of the molecule is CCC1C(=O)NC(C(C)C)C(=O)N1Cc1cccnn1. The van der Waals surface area contributed by atoms with E-state index in [-0.39, 0.29) is 17.7 Å². The highest BCUT2D eigenvalue weighted by atomic mass is 16.2. The van der Waals surface area contributed by atoms with Gasteiger partial charge in [-0.05, 0) is 24.5 Å². The summed E-state index contributed by atoms with van der Waals surface area (Å²) in [7, 11) is 0. The molecule has 108 valence electrons. The maximum Gasteiger partial charge on any atom is 0.246 e. The molecule has 1 saturated heterocycles. The summed E-state index contributed by atoms with van der Waals surface area (Å²) in [4.78, 5) is 26.3. The molecule has 2 rings (SSSR count). The maximum atomic E-state index is 12.5. The minimum atomic E-state index is -0.457. The van der Waals surface area contributed by atoms with Gasteiger partial charge in [-0.1, -0.05) is 20.8 Å². The van der Waals surface area contributed by atoms with Crippen LogP contribution in [0.2, 0.25) is 0 Å². The molecule has 0 saturated carbocycles. The molecule has 1 N–H and O–H groups in total. The fraction of sp³-hybridized carbons (Fsp3) is 0.571. The number of aromatic nitrogens is 2. The minimum Gasteiger partial charge on any atom is -0.342 e. The summed E-state index contributed by atoms with van der Waals surface area (Å²) in [6.07, 6.45) is 2.17. The summed E-state index contributed by atoms with van der Waals surface area (Å²) in [6, 6.07) is 2.70. The molecule has 0 radical (unpaired) electrons. The van der Waals surface area contributed by atoms with E-state index in [0.717, 1.165) is 0 Å². The zero-order chi connectivity index (χ0) is 14.7. The van der Waals surface area contributed by atoms with E-state index in [2.05, 4.69) is 15.5 Å². The first-order valence-electron chi connectivity index (χ1n) is 6.92. The Morgan fingerprint density at radius 2 is 2.15 bits per heavy atom. The lowest BCUT2D eigenvalue weighted by atomic mass is 9.97. The lowest BCUT2D eigenvalue weighted by Gasteiger charge is -2.39. The summed E-state index contributed by atoms with van der Waals surface area (Å²) < 4.78 is 0. The van der Waals surface area contributed by atoms with Crippen LogP contribution in [-0.2, 0) is 16.1 Å². The second kappa shape index (κ2) is 5.98. The Kier molecular flexibility index (Phi) is 4.32. The second-order valence-corrected chi connectivity index (χ2v) is 5.34. The molecule has 6 nitrogen and oxygen atoms in total. The number of carbonyl (C=O) groups excluding carboxylic acids is 2. The van der Waals surface area contributed by atoms with Crippen LogP contribution in [0, 0.1) is 5.92 Å². The summed E-state index contributed by atoms with van der Waals surface area (Å²) in [5.74, 6) is -0.0691. The highest BCUT2D eigenvalue weighted by Crippen LogP contribution is 2.19. The monoisotopic (exact) mass is 276 g/mol. The van der Waals surface area contributed by atoms with E-state index >= 15 is 0 Å². The zero-order valence-corrected chi connectivity index (χ0v) is 12.0. The summed E-state index contributed by atoms with van der Waals surface area (Å²) in [6.45, 7) is 6.07. The number of hydrogen-bond acceptors (Lipinski definition) is 4. The molecule has 2 amide bonds. The van der Waals surface area contributed by atoms with Crippen molar-refractivity contribution in [3.05, 3.63) is 24.0 Å². The van der Waals surface area contributed by atoms with Gasteiger partial charge < -0.3 is 10.2 Å². The molecule has 1 fully saturated rings. The topological polar surface area (TPSA) is 75.2 Å². The van der Waals surface area contributed by atoms with Crippen LogP contribution in [0.1, 0.15) is 32.9 Å². The molecule has 2 atom stereocenters. The molecule has 1 aromatic rings. The number of piperazine rings is 1. The third-order valence-corrected chi connectivity index (χ3v) is 3.54.